The average Bonchev–Trinajstić information content (AvgIpc) is 2.14. The zero-order valence-electron chi connectivity index (χ0n) is 10.5. The van der Waals surface area contributed by atoms with Crippen molar-refractivity contribution in [1.29, 1.82) is 0 Å². The number of nitrogens with zero attached hydrogens (tertiary/aromatic N) is 2. The van der Waals surface area contributed by atoms with Crippen LogP contribution in [0.1, 0.15) is 27.7 Å². The Hall–Kier alpha value is -0.120. The van der Waals surface area contributed by atoms with Gasteiger partial charge in [0.1, 0.15) is 0 Å². The Labute approximate surface area is 93.4 Å². The highest BCUT2D eigenvalue weighted by Gasteiger charge is 2.48. The molecule has 0 aromatic rings. The number of hydrogen-bond donors (Lipinski definition) is 0. The first-order valence-corrected chi connectivity index (χ1v) is 6.14. The van der Waals surface area contributed by atoms with Crippen molar-refractivity contribution in [3.05, 3.63) is 0 Å². The molecule has 2 heterocycles. The van der Waals surface area contributed by atoms with Crippen molar-refractivity contribution < 1.29 is 4.74 Å². The maximum atomic E-state index is 5.46. The molecule has 0 amide bonds. The maximum Gasteiger partial charge on any atom is 0.0809 e. The molecule has 2 aliphatic heterocycles. The van der Waals surface area contributed by atoms with Crippen LogP contribution in [0.4, 0.5) is 0 Å². The van der Waals surface area contributed by atoms with Gasteiger partial charge in [0.05, 0.1) is 18.8 Å². The first kappa shape index (κ1) is 11.4. The summed E-state index contributed by atoms with van der Waals surface area (Å²) in [6, 6.07) is 1.31. The van der Waals surface area contributed by atoms with Gasteiger partial charge in [0.25, 0.3) is 0 Å². The molecule has 0 aromatic heterocycles. The van der Waals surface area contributed by atoms with Crippen molar-refractivity contribution in [2.24, 2.45) is 0 Å². The molecule has 0 atom stereocenters. The van der Waals surface area contributed by atoms with Crippen LogP contribution in [0.2, 0.25) is 0 Å². The van der Waals surface area contributed by atoms with E-state index in [9.17, 15) is 0 Å². The van der Waals surface area contributed by atoms with Crippen molar-refractivity contribution in [2.45, 2.75) is 45.3 Å². The number of ether oxygens (including phenoxy) is 1. The third kappa shape index (κ3) is 1.93. The highest BCUT2D eigenvalue weighted by molar-refractivity contribution is 5.03. The number of piperazine rings is 1. The average molecular weight is 212 g/mol. The lowest BCUT2D eigenvalue weighted by atomic mass is 9.89. The van der Waals surface area contributed by atoms with Crippen LogP contribution >= 0.6 is 0 Å². The van der Waals surface area contributed by atoms with Gasteiger partial charge in [-0.15, -0.1) is 0 Å². The molecule has 0 unspecified atom stereocenters. The quantitative estimate of drug-likeness (QED) is 0.684. The molecule has 0 bridgehead atoms. The molecular weight excluding hydrogens is 188 g/mol. The fourth-order valence-electron chi connectivity index (χ4n) is 2.86. The third-order valence-electron chi connectivity index (χ3n) is 3.83. The van der Waals surface area contributed by atoms with Gasteiger partial charge < -0.3 is 4.74 Å². The molecule has 0 saturated carbocycles. The van der Waals surface area contributed by atoms with E-state index in [0.717, 1.165) is 13.2 Å². The van der Waals surface area contributed by atoms with Crippen LogP contribution in [0.5, 0.6) is 0 Å². The van der Waals surface area contributed by atoms with Gasteiger partial charge in [0.2, 0.25) is 0 Å². The predicted molar refractivity (Wildman–Crippen MR) is 62.1 cm³/mol. The summed E-state index contributed by atoms with van der Waals surface area (Å²) in [5.74, 6) is 0. The smallest absolute Gasteiger partial charge is 0.0809 e. The molecule has 0 aromatic carbocycles. The summed E-state index contributed by atoms with van der Waals surface area (Å²) in [7, 11) is 0. The molecular formula is C12H24N2O. The molecule has 3 nitrogen and oxygen atoms in total. The highest BCUT2D eigenvalue weighted by atomic mass is 16.5. The van der Waals surface area contributed by atoms with Gasteiger partial charge >= 0.3 is 0 Å². The standard InChI is InChI=1S/C12H24N2O/c1-10(2)13-5-6-14(11(3)4)12(7-13)8-15-9-12/h10-11H,5-9H2,1-4H3. The van der Waals surface area contributed by atoms with Crippen LogP contribution in [-0.2, 0) is 4.74 Å². The molecule has 3 heteroatoms. The lowest BCUT2D eigenvalue weighted by molar-refractivity contribution is -0.181. The fraction of sp³-hybridized carbons (Fsp3) is 1.00. The Bertz CT molecular complexity index is 224. The second-order valence-corrected chi connectivity index (χ2v) is 5.57. The molecule has 0 radical (unpaired) electrons. The summed E-state index contributed by atoms with van der Waals surface area (Å²) in [4.78, 5) is 5.22. The molecule has 1 spiro atoms. The van der Waals surface area contributed by atoms with Crippen molar-refractivity contribution in [3.63, 3.8) is 0 Å². The van der Waals surface area contributed by atoms with E-state index in [0.29, 0.717) is 17.6 Å². The lowest BCUT2D eigenvalue weighted by Gasteiger charge is -2.57. The van der Waals surface area contributed by atoms with Crippen LogP contribution in [0, 0.1) is 0 Å². The van der Waals surface area contributed by atoms with Crippen LogP contribution in [0.25, 0.3) is 0 Å². The van der Waals surface area contributed by atoms with E-state index < -0.39 is 0 Å². The first-order chi connectivity index (χ1) is 7.05. The van der Waals surface area contributed by atoms with Crippen molar-refractivity contribution in [2.75, 3.05) is 32.8 Å². The molecule has 15 heavy (non-hydrogen) atoms. The van der Waals surface area contributed by atoms with E-state index in [1.165, 1.54) is 19.6 Å². The van der Waals surface area contributed by atoms with Crippen molar-refractivity contribution in [1.82, 2.24) is 9.80 Å². The predicted octanol–water partition coefficient (Wildman–Crippen LogP) is 1.19. The Balaban J connectivity index is 2.07. The van der Waals surface area contributed by atoms with E-state index in [4.69, 9.17) is 4.74 Å². The molecule has 2 rings (SSSR count). The maximum absolute atomic E-state index is 5.46. The zero-order chi connectivity index (χ0) is 11.1. The highest BCUT2D eigenvalue weighted by Crippen LogP contribution is 2.31. The van der Waals surface area contributed by atoms with E-state index in [2.05, 4.69) is 37.5 Å². The minimum Gasteiger partial charge on any atom is -0.377 e. The molecule has 2 aliphatic rings. The van der Waals surface area contributed by atoms with Crippen LogP contribution in [0.3, 0.4) is 0 Å². The largest absolute Gasteiger partial charge is 0.377 e. The van der Waals surface area contributed by atoms with Crippen molar-refractivity contribution in [3.8, 4) is 0 Å². The molecule has 88 valence electrons. The molecule has 0 aliphatic carbocycles. The minimum absolute atomic E-state index is 0.330. The Kier molecular flexibility index (Phi) is 3.06. The van der Waals surface area contributed by atoms with Gasteiger partial charge in [-0.3, -0.25) is 9.80 Å². The van der Waals surface area contributed by atoms with E-state index in [1.807, 2.05) is 0 Å². The van der Waals surface area contributed by atoms with Gasteiger partial charge in [-0.25, -0.2) is 0 Å². The molecule has 0 N–H and O–H groups in total. The molecule has 2 fully saturated rings. The van der Waals surface area contributed by atoms with E-state index in [-0.39, 0.29) is 0 Å². The SMILES string of the molecule is CC(C)N1CCN(C(C)C)C2(COC2)C1. The summed E-state index contributed by atoms with van der Waals surface area (Å²) in [5.41, 5.74) is 0.330. The van der Waals surface area contributed by atoms with Gasteiger partial charge in [0, 0.05) is 31.7 Å². The summed E-state index contributed by atoms with van der Waals surface area (Å²) < 4.78 is 5.46. The Morgan fingerprint density at radius 3 is 2.07 bits per heavy atom. The van der Waals surface area contributed by atoms with Crippen LogP contribution in [0.15, 0.2) is 0 Å². The Morgan fingerprint density at radius 2 is 1.67 bits per heavy atom. The van der Waals surface area contributed by atoms with Crippen LogP contribution < -0.4 is 0 Å². The number of hydrogen-bond acceptors (Lipinski definition) is 3. The van der Waals surface area contributed by atoms with Gasteiger partial charge in [0.15, 0.2) is 0 Å². The minimum atomic E-state index is 0.330. The Morgan fingerprint density at radius 1 is 1.00 bits per heavy atom. The van der Waals surface area contributed by atoms with Crippen LogP contribution in [-0.4, -0.2) is 60.3 Å². The van der Waals surface area contributed by atoms with Gasteiger partial charge in [-0.2, -0.15) is 0 Å². The third-order valence-corrected chi connectivity index (χ3v) is 3.83. The second kappa shape index (κ2) is 4.04. The summed E-state index contributed by atoms with van der Waals surface area (Å²) in [6.07, 6.45) is 0. The fourth-order valence-corrected chi connectivity index (χ4v) is 2.86. The van der Waals surface area contributed by atoms with Gasteiger partial charge in [-0.1, -0.05) is 0 Å². The van der Waals surface area contributed by atoms with Crippen molar-refractivity contribution >= 4 is 0 Å². The summed E-state index contributed by atoms with van der Waals surface area (Å²) in [5, 5.41) is 0. The monoisotopic (exact) mass is 212 g/mol. The lowest BCUT2D eigenvalue weighted by Crippen LogP contribution is -2.73. The van der Waals surface area contributed by atoms with E-state index >= 15 is 0 Å². The van der Waals surface area contributed by atoms with E-state index in [1.54, 1.807) is 0 Å². The summed E-state index contributed by atoms with van der Waals surface area (Å²) in [6.45, 7) is 14.6. The summed E-state index contributed by atoms with van der Waals surface area (Å²) >= 11 is 0. The topological polar surface area (TPSA) is 15.7 Å². The zero-order valence-corrected chi connectivity index (χ0v) is 10.5. The van der Waals surface area contributed by atoms with Gasteiger partial charge in [-0.05, 0) is 27.7 Å². The normalized spacial score (nSPS) is 27.6. The first-order valence-electron chi connectivity index (χ1n) is 6.14. The second-order valence-electron chi connectivity index (χ2n) is 5.57. The number of rotatable bonds is 2. The molecule has 2 saturated heterocycles.